The minimum absolute atomic E-state index is 0.0875. The van der Waals surface area contributed by atoms with Crippen LogP contribution in [0.5, 0.6) is 0 Å². The molecular formula is C22H28N2O3S. The summed E-state index contributed by atoms with van der Waals surface area (Å²) < 4.78 is 26.2. The van der Waals surface area contributed by atoms with E-state index in [0.29, 0.717) is 24.2 Å². The van der Waals surface area contributed by atoms with Gasteiger partial charge in [-0.25, -0.2) is 8.42 Å². The fraction of sp³-hybridized carbons (Fsp3) is 0.409. The highest BCUT2D eigenvalue weighted by molar-refractivity contribution is 7.92. The maximum Gasteiger partial charge on any atom is 0.251 e. The van der Waals surface area contributed by atoms with E-state index in [9.17, 15) is 13.2 Å². The summed E-state index contributed by atoms with van der Waals surface area (Å²) in [6, 6.07) is 13.0. The maximum absolute atomic E-state index is 12.9. The van der Waals surface area contributed by atoms with Crippen molar-refractivity contribution in [2.24, 2.45) is 0 Å². The summed E-state index contributed by atoms with van der Waals surface area (Å²) in [4.78, 5) is 12.9. The molecule has 3 rings (SSSR count). The SMILES string of the molecule is CC[C@H](NC(=O)c1cccc(N2CCCCS2(=O)=O)c1)c1ccc(C)cc1C. The van der Waals surface area contributed by atoms with Crippen molar-refractivity contribution in [2.45, 2.75) is 46.1 Å². The zero-order chi connectivity index (χ0) is 20.3. The van der Waals surface area contributed by atoms with Crippen molar-refractivity contribution < 1.29 is 13.2 Å². The smallest absolute Gasteiger partial charge is 0.251 e. The minimum Gasteiger partial charge on any atom is -0.345 e. The second kappa shape index (κ2) is 8.35. The lowest BCUT2D eigenvalue weighted by molar-refractivity contribution is 0.0935. The highest BCUT2D eigenvalue weighted by atomic mass is 32.2. The van der Waals surface area contributed by atoms with E-state index in [4.69, 9.17) is 0 Å². The van der Waals surface area contributed by atoms with Gasteiger partial charge in [-0.2, -0.15) is 0 Å². The molecule has 1 aliphatic rings. The zero-order valence-electron chi connectivity index (χ0n) is 16.7. The molecular weight excluding hydrogens is 372 g/mol. The number of nitrogens with one attached hydrogen (secondary N) is 1. The van der Waals surface area contributed by atoms with Gasteiger partial charge in [0.1, 0.15) is 0 Å². The van der Waals surface area contributed by atoms with Crippen molar-refractivity contribution in [3.05, 3.63) is 64.7 Å². The Hall–Kier alpha value is -2.34. The maximum atomic E-state index is 12.9. The number of anilines is 1. The van der Waals surface area contributed by atoms with Crippen LogP contribution < -0.4 is 9.62 Å². The normalized spacial score (nSPS) is 17.2. The second-order valence-corrected chi connectivity index (χ2v) is 9.45. The third-order valence-corrected chi connectivity index (χ3v) is 7.13. The highest BCUT2D eigenvalue weighted by Gasteiger charge is 2.26. The molecule has 5 nitrogen and oxygen atoms in total. The molecule has 1 aliphatic heterocycles. The van der Waals surface area contributed by atoms with E-state index >= 15 is 0 Å². The van der Waals surface area contributed by atoms with E-state index in [1.165, 1.54) is 9.87 Å². The molecule has 0 radical (unpaired) electrons. The first-order chi connectivity index (χ1) is 13.3. The number of benzene rings is 2. The van der Waals surface area contributed by atoms with Crippen molar-refractivity contribution in [1.29, 1.82) is 0 Å². The first kappa shape index (κ1) is 20.4. The number of hydrogen-bond acceptors (Lipinski definition) is 3. The van der Waals surface area contributed by atoms with Crippen molar-refractivity contribution >= 4 is 21.6 Å². The molecule has 0 aromatic heterocycles. The third-order valence-electron chi connectivity index (χ3n) is 5.26. The number of hydrogen-bond donors (Lipinski definition) is 1. The Morgan fingerprint density at radius 3 is 2.61 bits per heavy atom. The van der Waals surface area contributed by atoms with Gasteiger partial charge < -0.3 is 5.32 Å². The average Bonchev–Trinajstić information content (AvgIpc) is 2.66. The van der Waals surface area contributed by atoms with Crippen LogP contribution in [0, 0.1) is 13.8 Å². The Bertz CT molecular complexity index is 969. The molecule has 2 aromatic rings. The molecule has 1 heterocycles. The van der Waals surface area contributed by atoms with Gasteiger partial charge >= 0.3 is 0 Å². The fourth-order valence-corrected chi connectivity index (χ4v) is 5.37. The van der Waals surface area contributed by atoms with Gasteiger partial charge in [0.15, 0.2) is 0 Å². The number of sulfonamides is 1. The molecule has 0 spiro atoms. The number of carbonyl (C=O) groups is 1. The molecule has 0 aliphatic carbocycles. The first-order valence-corrected chi connectivity index (χ1v) is 11.4. The molecule has 1 saturated heterocycles. The van der Waals surface area contributed by atoms with Crippen LogP contribution in [0.3, 0.4) is 0 Å². The van der Waals surface area contributed by atoms with Crippen molar-refractivity contribution in [3.63, 3.8) is 0 Å². The van der Waals surface area contributed by atoms with Crippen molar-refractivity contribution in [1.82, 2.24) is 5.32 Å². The lowest BCUT2D eigenvalue weighted by Crippen LogP contribution is -2.38. The van der Waals surface area contributed by atoms with Crippen LogP contribution in [-0.4, -0.2) is 26.6 Å². The Morgan fingerprint density at radius 2 is 1.93 bits per heavy atom. The Balaban J connectivity index is 1.82. The van der Waals surface area contributed by atoms with Gasteiger partial charge in [0, 0.05) is 12.1 Å². The molecule has 6 heteroatoms. The van der Waals surface area contributed by atoms with Crippen LogP contribution in [0.15, 0.2) is 42.5 Å². The summed E-state index contributed by atoms with van der Waals surface area (Å²) in [5.74, 6) is -0.0308. The number of nitrogens with zero attached hydrogens (tertiary/aromatic N) is 1. The van der Waals surface area contributed by atoms with Gasteiger partial charge in [-0.3, -0.25) is 9.10 Å². The minimum atomic E-state index is -3.30. The molecule has 1 fully saturated rings. The summed E-state index contributed by atoms with van der Waals surface area (Å²) in [6.45, 7) is 6.62. The van der Waals surface area contributed by atoms with Gasteiger partial charge in [0.25, 0.3) is 5.91 Å². The summed E-state index contributed by atoms with van der Waals surface area (Å²) in [5, 5.41) is 3.10. The Morgan fingerprint density at radius 1 is 1.14 bits per heavy atom. The van der Waals surface area contributed by atoms with E-state index in [1.54, 1.807) is 24.3 Å². The van der Waals surface area contributed by atoms with Crippen LogP contribution in [0.2, 0.25) is 0 Å². The molecule has 0 unspecified atom stereocenters. The topological polar surface area (TPSA) is 66.5 Å². The van der Waals surface area contributed by atoms with Gasteiger partial charge in [0.05, 0.1) is 17.5 Å². The molecule has 28 heavy (non-hydrogen) atoms. The predicted octanol–water partition coefficient (Wildman–Crippen LogP) is 4.11. The highest BCUT2D eigenvalue weighted by Crippen LogP contribution is 2.26. The average molecular weight is 401 g/mol. The van der Waals surface area contributed by atoms with Gasteiger partial charge in [0.2, 0.25) is 10.0 Å². The zero-order valence-corrected chi connectivity index (χ0v) is 17.6. The second-order valence-electron chi connectivity index (χ2n) is 7.44. The summed E-state index contributed by atoms with van der Waals surface area (Å²) >= 11 is 0. The third kappa shape index (κ3) is 4.38. The van der Waals surface area contributed by atoms with E-state index in [2.05, 4.69) is 37.4 Å². The fourth-order valence-electron chi connectivity index (χ4n) is 3.74. The van der Waals surface area contributed by atoms with Crippen LogP contribution >= 0.6 is 0 Å². The lowest BCUT2D eigenvalue weighted by Gasteiger charge is -2.28. The Labute approximate surface area is 167 Å². The molecule has 1 N–H and O–H groups in total. The van der Waals surface area contributed by atoms with Gasteiger partial charge in [-0.15, -0.1) is 0 Å². The molecule has 1 atom stereocenters. The molecule has 1 amide bonds. The monoisotopic (exact) mass is 400 g/mol. The van der Waals surface area contributed by atoms with Crippen LogP contribution in [-0.2, 0) is 10.0 Å². The first-order valence-electron chi connectivity index (χ1n) is 9.80. The van der Waals surface area contributed by atoms with Crippen molar-refractivity contribution in [2.75, 3.05) is 16.6 Å². The van der Waals surface area contributed by atoms with Crippen LogP contribution in [0.25, 0.3) is 0 Å². The summed E-state index contributed by atoms with van der Waals surface area (Å²) in [6.07, 6.45) is 2.29. The largest absolute Gasteiger partial charge is 0.345 e. The predicted molar refractivity (Wildman–Crippen MR) is 113 cm³/mol. The van der Waals surface area contributed by atoms with E-state index in [0.717, 1.165) is 24.0 Å². The Kier molecular flexibility index (Phi) is 6.08. The lowest BCUT2D eigenvalue weighted by atomic mass is 9.97. The van der Waals surface area contributed by atoms with Crippen LogP contribution in [0.1, 0.15) is 59.3 Å². The van der Waals surface area contributed by atoms with E-state index in [1.807, 2.05) is 6.92 Å². The van der Waals surface area contributed by atoms with E-state index in [-0.39, 0.29) is 17.7 Å². The molecule has 0 saturated carbocycles. The number of amides is 1. The van der Waals surface area contributed by atoms with Gasteiger partial charge in [-0.1, -0.05) is 36.8 Å². The molecule has 2 aromatic carbocycles. The van der Waals surface area contributed by atoms with Gasteiger partial charge in [-0.05, 0) is 62.4 Å². The number of rotatable bonds is 5. The number of carbonyl (C=O) groups excluding carboxylic acids is 1. The van der Waals surface area contributed by atoms with Crippen LogP contribution in [0.4, 0.5) is 5.69 Å². The van der Waals surface area contributed by atoms with Crippen molar-refractivity contribution in [3.8, 4) is 0 Å². The standard InChI is InChI=1S/C22H28N2O3S/c1-4-21(20-11-10-16(2)14-17(20)3)23-22(25)18-8-7-9-19(15-18)24-12-5-6-13-28(24,26)27/h7-11,14-15,21H,4-6,12-13H2,1-3H3,(H,23,25)/t21-/m0/s1. The van der Waals surface area contributed by atoms with E-state index < -0.39 is 10.0 Å². The number of aryl methyl sites for hydroxylation is 2. The quantitative estimate of drug-likeness (QED) is 0.821. The molecule has 150 valence electrons. The summed E-state index contributed by atoms with van der Waals surface area (Å²) in [7, 11) is -3.30. The molecule has 0 bridgehead atoms. The summed E-state index contributed by atoms with van der Waals surface area (Å²) in [5.41, 5.74) is 4.49.